The molecular weight excluding hydrogens is 472 g/mol. The lowest BCUT2D eigenvalue weighted by Crippen LogP contribution is -2.36. The second-order valence-electron chi connectivity index (χ2n) is 5.49. The summed E-state index contributed by atoms with van der Waals surface area (Å²) >= 11 is 2.24. The summed E-state index contributed by atoms with van der Waals surface area (Å²) in [5.41, 5.74) is 1.93. The Hall–Kier alpha value is -0.700. The van der Waals surface area contributed by atoms with E-state index in [0.717, 1.165) is 47.1 Å². The molecule has 0 saturated carbocycles. The van der Waals surface area contributed by atoms with Crippen LogP contribution in [0.4, 0.5) is 0 Å². The van der Waals surface area contributed by atoms with Crippen LogP contribution in [-0.2, 0) is 0 Å². The topological polar surface area (TPSA) is 58.1 Å². The van der Waals surface area contributed by atoms with Crippen LogP contribution in [-0.4, -0.2) is 47.0 Å². The first-order valence-corrected chi connectivity index (χ1v) is 9.14. The van der Waals surface area contributed by atoms with E-state index in [4.69, 9.17) is 0 Å². The number of fused-ring (bicyclic) bond motifs is 1. The van der Waals surface area contributed by atoms with Crippen LogP contribution in [0.25, 0.3) is 11.0 Å². The van der Waals surface area contributed by atoms with Crippen molar-refractivity contribution in [3.05, 3.63) is 33.7 Å². The van der Waals surface area contributed by atoms with Gasteiger partial charge in [0.2, 0.25) is 0 Å². The first kappa shape index (κ1) is 24.3. The molecule has 0 fully saturated rings. The number of benzene rings is 1. The molecule has 140 valence electrons. The van der Waals surface area contributed by atoms with E-state index in [1.807, 2.05) is 18.2 Å². The SMILES string of the molecule is CCCN(CCC)CCNC(=O)c1cnc2cc([125I])ccc2n1.Cl.Cl. The molecule has 0 atom stereocenters. The highest BCUT2D eigenvalue weighted by molar-refractivity contribution is 14.1. The molecule has 0 saturated heterocycles. The third kappa shape index (κ3) is 7.60. The molecule has 1 heterocycles. The van der Waals surface area contributed by atoms with E-state index in [2.05, 4.69) is 56.6 Å². The van der Waals surface area contributed by atoms with Crippen molar-refractivity contribution in [1.82, 2.24) is 20.2 Å². The number of rotatable bonds is 8. The van der Waals surface area contributed by atoms with E-state index in [0.29, 0.717) is 12.2 Å². The van der Waals surface area contributed by atoms with Gasteiger partial charge in [-0.05, 0) is 66.7 Å². The van der Waals surface area contributed by atoms with Gasteiger partial charge in [-0.15, -0.1) is 24.8 Å². The number of carbonyl (C=O) groups excluding carboxylic acids is 1. The predicted molar refractivity (Wildman–Crippen MR) is 116 cm³/mol. The third-order valence-electron chi connectivity index (χ3n) is 3.53. The highest BCUT2D eigenvalue weighted by atomic mass is 125. The summed E-state index contributed by atoms with van der Waals surface area (Å²) in [6, 6.07) is 5.82. The van der Waals surface area contributed by atoms with Gasteiger partial charge in [-0.25, -0.2) is 4.98 Å². The molecule has 0 spiro atoms. The van der Waals surface area contributed by atoms with Gasteiger partial charge >= 0.3 is 0 Å². The Morgan fingerprint density at radius 2 is 1.80 bits per heavy atom. The van der Waals surface area contributed by atoms with Crippen molar-refractivity contribution in [3.8, 4) is 0 Å². The van der Waals surface area contributed by atoms with Crippen LogP contribution in [0, 0.1) is 3.57 Å². The van der Waals surface area contributed by atoms with Crippen molar-refractivity contribution < 1.29 is 4.79 Å². The van der Waals surface area contributed by atoms with Crippen molar-refractivity contribution in [2.24, 2.45) is 0 Å². The van der Waals surface area contributed by atoms with Crippen molar-refractivity contribution >= 4 is 64.3 Å². The van der Waals surface area contributed by atoms with Gasteiger partial charge in [0.15, 0.2) is 0 Å². The number of nitrogens with zero attached hydrogens (tertiary/aromatic N) is 3. The van der Waals surface area contributed by atoms with E-state index < -0.39 is 0 Å². The standard InChI is InChI=1S/C17H23IN4O.2ClH/c1-3-8-22(9-4-2)10-7-19-17(23)16-12-20-15-11-13(18)5-6-14(15)21-16;;/h5-6,11-12H,3-4,7-10H2,1-2H3,(H,19,23);2*1H/i18-2;;. The zero-order valence-corrected chi connectivity index (χ0v) is 18.3. The van der Waals surface area contributed by atoms with E-state index in [1.54, 1.807) is 6.20 Å². The predicted octanol–water partition coefficient (Wildman–Crippen LogP) is 3.93. The van der Waals surface area contributed by atoms with Crippen LogP contribution in [0.3, 0.4) is 0 Å². The van der Waals surface area contributed by atoms with Gasteiger partial charge in [-0.1, -0.05) is 13.8 Å². The minimum Gasteiger partial charge on any atom is -0.349 e. The largest absolute Gasteiger partial charge is 0.349 e. The molecule has 0 bridgehead atoms. The van der Waals surface area contributed by atoms with E-state index >= 15 is 0 Å². The Morgan fingerprint density at radius 1 is 1.12 bits per heavy atom. The van der Waals surface area contributed by atoms with E-state index in [1.165, 1.54) is 0 Å². The van der Waals surface area contributed by atoms with Gasteiger partial charge in [0.1, 0.15) is 5.69 Å². The number of carbonyl (C=O) groups is 1. The van der Waals surface area contributed by atoms with Gasteiger partial charge in [-0.2, -0.15) is 0 Å². The molecule has 0 aliphatic heterocycles. The Morgan fingerprint density at radius 3 is 2.44 bits per heavy atom. The average molecular weight is 497 g/mol. The van der Waals surface area contributed by atoms with Crippen LogP contribution >= 0.6 is 47.4 Å². The zero-order valence-electron chi connectivity index (χ0n) is 14.5. The molecule has 0 aliphatic carbocycles. The maximum absolute atomic E-state index is 12.2. The minimum atomic E-state index is -0.161. The summed E-state index contributed by atoms with van der Waals surface area (Å²) in [4.78, 5) is 23.3. The quantitative estimate of drug-likeness (QED) is 0.562. The molecular formula is C17H25Cl2IN4O. The molecule has 25 heavy (non-hydrogen) atoms. The van der Waals surface area contributed by atoms with Crippen molar-refractivity contribution in [2.45, 2.75) is 26.7 Å². The Kier molecular flexibility index (Phi) is 12.3. The van der Waals surface area contributed by atoms with Crippen LogP contribution in [0.5, 0.6) is 0 Å². The Balaban J connectivity index is 0.00000288. The molecule has 5 nitrogen and oxygen atoms in total. The van der Waals surface area contributed by atoms with Gasteiger partial charge in [0.05, 0.1) is 17.2 Å². The molecule has 2 aromatic rings. The van der Waals surface area contributed by atoms with Crippen LogP contribution in [0.15, 0.2) is 24.4 Å². The molecule has 1 aromatic heterocycles. The van der Waals surface area contributed by atoms with Crippen molar-refractivity contribution in [1.29, 1.82) is 0 Å². The minimum absolute atomic E-state index is 0. The van der Waals surface area contributed by atoms with Gasteiger partial charge in [0.25, 0.3) is 5.91 Å². The Labute approximate surface area is 175 Å². The Bertz CT molecular complexity index is 666. The average Bonchev–Trinajstić information content (AvgIpc) is 2.54. The van der Waals surface area contributed by atoms with Crippen LogP contribution < -0.4 is 5.32 Å². The summed E-state index contributed by atoms with van der Waals surface area (Å²) in [5, 5.41) is 2.94. The smallest absolute Gasteiger partial charge is 0.271 e. The summed E-state index contributed by atoms with van der Waals surface area (Å²) in [5.74, 6) is -0.161. The summed E-state index contributed by atoms with van der Waals surface area (Å²) in [7, 11) is 0. The van der Waals surface area contributed by atoms with Crippen molar-refractivity contribution in [3.63, 3.8) is 0 Å². The highest BCUT2D eigenvalue weighted by Gasteiger charge is 2.10. The molecule has 1 aromatic carbocycles. The fraction of sp³-hybridized carbons (Fsp3) is 0.471. The number of amides is 1. The summed E-state index contributed by atoms with van der Waals surface area (Å²) in [6.45, 7) is 7.98. The lowest BCUT2D eigenvalue weighted by atomic mass is 10.3. The monoisotopic (exact) mass is 496 g/mol. The molecule has 0 radical (unpaired) electrons. The maximum Gasteiger partial charge on any atom is 0.271 e. The van der Waals surface area contributed by atoms with E-state index in [-0.39, 0.29) is 30.7 Å². The third-order valence-corrected chi connectivity index (χ3v) is 4.20. The van der Waals surface area contributed by atoms with Gasteiger partial charge in [0, 0.05) is 16.7 Å². The number of halogens is 3. The number of aromatic nitrogens is 2. The molecule has 8 heteroatoms. The fourth-order valence-corrected chi connectivity index (χ4v) is 2.95. The first-order chi connectivity index (χ1) is 11.1. The molecule has 1 amide bonds. The number of hydrogen-bond acceptors (Lipinski definition) is 4. The van der Waals surface area contributed by atoms with Crippen molar-refractivity contribution in [2.75, 3.05) is 26.2 Å². The normalized spacial score (nSPS) is 10.2. The van der Waals surface area contributed by atoms with E-state index in [9.17, 15) is 4.79 Å². The van der Waals surface area contributed by atoms with Gasteiger partial charge in [-0.3, -0.25) is 9.78 Å². The fourth-order valence-electron chi connectivity index (χ4n) is 2.48. The highest BCUT2D eigenvalue weighted by Crippen LogP contribution is 2.13. The summed E-state index contributed by atoms with van der Waals surface area (Å²) in [6.07, 6.45) is 3.80. The van der Waals surface area contributed by atoms with Gasteiger partial charge < -0.3 is 10.2 Å². The maximum atomic E-state index is 12.2. The van der Waals surface area contributed by atoms with Crippen LogP contribution in [0.1, 0.15) is 37.2 Å². The molecule has 0 aliphatic rings. The molecule has 0 unspecified atom stereocenters. The lowest BCUT2D eigenvalue weighted by Gasteiger charge is -2.20. The molecule has 1 N–H and O–H groups in total. The summed E-state index contributed by atoms with van der Waals surface area (Å²) < 4.78 is 1.11. The first-order valence-electron chi connectivity index (χ1n) is 8.07. The second kappa shape index (κ2) is 12.6. The lowest BCUT2D eigenvalue weighted by molar-refractivity contribution is 0.0943. The van der Waals surface area contributed by atoms with Crippen LogP contribution in [0.2, 0.25) is 0 Å². The zero-order chi connectivity index (χ0) is 16.7. The number of nitrogens with one attached hydrogen (secondary N) is 1. The second-order valence-corrected chi connectivity index (χ2v) is 6.73. The molecule has 2 rings (SSSR count). The number of hydrogen-bond donors (Lipinski definition) is 1.